The Labute approximate surface area is 133 Å². The summed E-state index contributed by atoms with van der Waals surface area (Å²) in [6, 6.07) is 7.53. The van der Waals surface area contributed by atoms with Gasteiger partial charge in [0.1, 0.15) is 5.25 Å². The summed E-state index contributed by atoms with van der Waals surface area (Å²) < 4.78 is 12.3. The Hall–Kier alpha value is -0.870. The maximum absolute atomic E-state index is 12.3. The fourth-order valence-electron chi connectivity index (χ4n) is 2.55. The van der Waals surface area contributed by atoms with Gasteiger partial charge >= 0.3 is 0 Å². The molecule has 1 amide bonds. The van der Waals surface area contributed by atoms with E-state index in [0.29, 0.717) is 10.8 Å². The van der Waals surface area contributed by atoms with Crippen LogP contribution >= 0.6 is 11.6 Å². The average Bonchev–Trinajstić information content (AvgIpc) is 2.49. The molecule has 1 aliphatic rings. The monoisotopic (exact) mass is 327 g/mol. The van der Waals surface area contributed by atoms with Gasteiger partial charge in [-0.2, -0.15) is 0 Å². The summed E-state index contributed by atoms with van der Waals surface area (Å²) in [5, 5.41) is 3.22. The van der Waals surface area contributed by atoms with Crippen molar-refractivity contribution in [1.29, 1.82) is 0 Å². The van der Waals surface area contributed by atoms with Crippen molar-refractivity contribution < 1.29 is 9.00 Å². The highest BCUT2D eigenvalue weighted by Gasteiger charge is 2.23. The van der Waals surface area contributed by atoms with Gasteiger partial charge in [-0.25, -0.2) is 0 Å². The van der Waals surface area contributed by atoms with Gasteiger partial charge in [0.2, 0.25) is 5.91 Å². The zero-order chi connectivity index (χ0) is 15.2. The first kappa shape index (κ1) is 16.5. The van der Waals surface area contributed by atoms with Crippen LogP contribution in [0, 0.1) is 0 Å². The molecule has 1 aromatic carbocycles. The smallest absolute Gasteiger partial charge is 0.235 e. The minimum atomic E-state index is -1.21. The second-order valence-electron chi connectivity index (χ2n) is 5.64. The minimum absolute atomic E-state index is 0.0887. The van der Waals surface area contributed by atoms with Crippen molar-refractivity contribution in [3.63, 3.8) is 0 Å². The van der Waals surface area contributed by atoms with Crippen LogP contribution in [0.15, 0.2) is 24.3 Å². The first-order chi connectivity index (χ1) is 10.1. The van der Waals surface area contributed by atoms with Crippen molar-refractivity contribution in [2.75, 3.05) is 0 Å². The zero-order valence-corrected chi connectivity index (χ0v) is 13.9. The van der Waals surface area contributed by atoms with Crippen LogP contribution in [-0.2, 0) is 21.3 Å². The number of hydrogen-bond donors (Lipinski definition) is 1. The van der Waals surface area contributed by atoms with Crippen LogP contribution < -0.4 is 5.32 Å². The fourth-order valence-corrected chi connectivity index (χ4v) is 3.76. The summed E-state index contributed by atoms with van der Waals surface area (Å²) in [6.45, 7) is 1.74. The van der Waals surface area contributed by atoms with Crippen molar-refractivity contribution in [2.24, 2.45) is 0 Å². The van der Waals surface area contributed by atoms with E-state index in [2.05, 4.69) is 5.32 Å². The standard InChI is InChI=1S/C16H22ClNO2S/c1-12(16(19)18-15-5-3-2-4-6-15)21(20)11-13-7-9-14(17)10-8-13/h7-10,12,15H,2-6,11H2,1H3,(H,18,19). The number of hydrogen-bond acceptors (Lipinski definition) is 2. The number of carbonyl (C=O) groups excluding carboxylic acids is 1. The molecule has 2 unspecified atom stereocenters. The van der Waals surface area contributed by atoms with E-state index in [1.165, 1.54) is 19.3 Å². The lowest BCUT2D eigenvalue weighted by Gasteiger charge is -2.24. The molecule has 0 radical (unpaired) electrons. The van der Waals surface area contributed by atoms with Crippen LogP contribution in [0.3, 0.4) is 0 Å². The van der Waals surface area contributed by atoms with E-state index in [0.717, 1.165) is 18.4 Å². The molecule has 21 heavy (non-hydrogen) atoms. The van der Waals surface area contributed by atoms with Gasteiger partial charge in [0.15, 0.2) is 0 Å². The average molecular weight is 328 g/mol. The molecule has 0 aromatic heterocycles. The predicted molar refractivity (Wildman–Crippen MR) is 87.8 cm³/mol. The van der Waals surface area contributed by atoms with E-state index in [-0.39, 0.29) is 11.9 Å². The van der Waals surface area contributed by atoms with Crippen molar-refractivity contribution in [3.8, 4) is 0 Å². The quantitative estimate of drug-likeness (QED) is 0.900. The third-order valence-electron chi connectivity index (χ3n) is 3.94. The van der Waals surface area contributed by atoms with E-state index in [1.807, 2.05) is 12.1 Å². The first-order valence-electron chi connectivity index (χ1n) is 7.48. The zero-order valence-electron chi connectivity index (χ0n) is 12.3. The topological polar surface area (TPSA) is 46.2 Å². The molecule has 2 rings (SSSR count). The minimum Gasteiger partial charge on any atom is -0.352 e. The Kier molecular flexibility index (Phi) is 6.24. The molecular formula is C16H22ClNO2S. The molecule has 1 N–H and O–H groups in total. The molecular weight excluding hydrogens is 306 g/mol. The molecule has 1 aromatic rings. The number of nitrogens with one attached hydrogen (secondary N) is 1. The van der Waals surface area contributed by atoms with Gasteiger partial charge in [-0.1, -0.05) is 43.0 Å². The van der Waals surface area contributed by atoms with Gasteiger partial charge in [0.05, 0.1) is 0 Å². The van der Waals surface area contributed by atoms with Gasteiger partial charge in [-0.15, -0.1) is 0 Å². The van der Waals surface area contributed by atoms with E-state index in [4.69, 9.17) is 11.6 Å². The number of halogens is 1. The third kappa shape index (κ3) is 5.11. The second kappa shape index (κ2) is 7.95. The Bertz CT molecular complexity index is 498. The number of amides is 1. The number of rotatable bonds is 5. The summed E-state index contributed by atoms with van der Waals surface area (Å²) in [7, 11) is -1.21. The number of benzene rings is 1. The summed E-state index contributed by atoms with van der Waals surface area (Å²) in [5.41, 5.74) is 0.940. The van der Waals surface area contributed by atoms with Crippen molar-refractivity contribution in [2.45, 2.75) is 56.1 Å². The van der Waals surface area contributed by atoms with Gasteiger partial charge in [-0.05, 0) is 37.5 Å². The second-order valence-corrected chi connectivity index (χ2v) is 7.83. The summed E-state index contributed by atoms with van der Waals surface area (Å²) in [5.74, 6) is 0.297. The highest BCUT2D eigenvalue weighted by molar-refractivity contribution is 7.85. The highest BCUT2D eigenvalue weighted by Crippen LogP contribution is 2.18. The Morgan fingerprint density at radius 3 is 2.52 bits per heavy atom. The van der Waals surface area contributed by atoms with E-state index in [1.54, 1.807) is 19.1 Å². The Morgan fingerprint density at radius 2 is 1.90 bits per heavy atom. The van der Waals surface area contributed by atoms with Crippen LogP contribution in [0.4, 0.5) is 0 Å². The largest absolute Gasteiger partial charge is 0.352 e. The molecule has 0 saturated heterocycles. The summed E-state index contributed by atoms with van der Waals surface area (Å²) >= 11 is 5.83. The molecule has 1 fully saturated rings. The summed E-state index contributed by atoms with van der Waals surface area (Å²) in [4.78, 5) is 12.2. The highest BCUT2D eigenvalue weighted by atomic mass is 35.5. The molecule has 3 nitrogen and oxygen atoms in total. The molecule has 116 valence electrons. The Morgan fingerprint density at radius 1 is 1.29 bits per heavy atom. The molecule has 2 atom stereocenters. The molecule has 1 aliphatic carbocycles. The molecule has 0 spiro atoms. The lowest BCUT2D eigenvalue weighted by Crippen LogP contribution is -2.42. The molecule has 0 aliphatic heterocycles. The SMILES string of the molecule is CC(C(=O)NC1CCCCC1)S(=O)Cc1ccc(Cl)cc1. The maximum Gasteiger partial charge on any atom is 0.235 e. The summed E-state index contributed by atoms with van der Waals surface area (Å²) in [6.07, 6.45) is 5.69. The van der Waals surface area contributed by atoms with Crippen molar-refractivity contribution >= 4 is 28.3 Å². The van der Waals surface area contributed by atoms with Crippen molar-refractivity contribution in [1.82, 2.24) is 5.32 Å². The van der Waals surface area contributed by atoms with Crippen LogP contribution in [0.5, 0.6) is 0 Å². The van der Waals surface area contributed by atoms with Crippen LogP contribution in [0.2, 0.25) is 5.02 Å². The normalized spacial score (nSPS) is 19.0. The van der Waals surface area contributed by atoms with E-state index >= 15 is 0 Å². The molecule has 1 saturated carbocycles. The Balaban J connectivity index is 1.85. The molecule has 0 bridgehead atoms. The molecule has 0 heterocycles. The number of carbonyl (C=O) groups is 1. The lowest BCUT2D eigenvalue weighted by atomic mass is 9.95. The maximum atomic E-state index is 12.3. The van der Waals surface area contributed by atoms with Gasteiger partial charge in [-0.3, -0.25) is 9.00 Å². The predicted octanol–water partition coefficient (Wildman–Crippen LogP) is 3.43. The van der Waals surface area contributed by atoms with Crippen LogP contribution in [-0.4, -0.2) is 21.4 Å². The van der Waals surface area contributed by atoms with Crippen LogP contribution in [0.1, 0.15) is 44.6 Å². The molecule has 5 heteroatoms. The van der Waals surface area contributed by atoms with Crippen molar-refractivity contribution in [3.05, 3.63) is 34.9 Å². The fraction of sp³-hybridized carbons (Fsp3) is 0.562. The van der Waals surface area contributed by atoms with Gasteiger partial charge in [0, 0.05) is 27.6 Å². The van der Waals surface area contributed by atoms with Gasteiger partial charge in [0.25, 0.3) is 0 Å². The van der Waals surface area contributed by atoms with E-state index < -0.39 is 16.0 Å². The lowest BCUT2D eigenvalue weighted by molar-refractivity contribution is -0.121. The van der Waals surface area contributed by atoms with Crippen LogP contribution in [0.25, 0.3) is 0 Å². The first-order valence-corrected chi connectivity index (χ1v) is 9.24. The van der Waals surface area contributed by atoms with E-state index in [9.17, 15) is 9.00 Å². The van der Waals surface area contributed by atoms with Gasteiger partial charge < -0.3 is 5.32 Å². The third-order valence-corrected chi connectivity index (χ3v) is 5.81.